The molecule has 8 heteroatoms. The van der Waals surface area contributed by atoms with Crippen LogP contribution < -0.4 is 5.32 Å². The summed E-state index contributed by atoms with van der Waals surface area (Å²) in [6.45, 7) is 3.89. The molecule has 1 amide bonds. The van der Waals surface area contributed by atoms with Crippen molar-refractivity contribution in [2.75, 3.05) is 19.4 Å². The lowest BCUT2D eigenvalue weighted by Crippen LogP contribution is -2.31. The highest BCUT2D eigenvalue weighted by Gasteiger charge is 2.17. The van der Waals surface area contributed by atoms with Crippen molar-refractivity contribution in [3.63, 3.8) is 0 Å². The van der Waals surface area contributed by atoms with Gasteiger partial charge in [0.15, 0.2) is 16.4 Å². The largest absolute Gasteiger partial charge is 0.452 e. The van der Waals surface area contributed by atoms with Gasteiger partial charge in [-0.25, -0.2) is 13.2 Å². The van der Waals surface area contributed by atoms with E-state index in [4.69, 9.17) is 16.3 Å². The van der Waals surface area contributed by atoms with Crippen LogP contribution in [0.1, 0.15) is 24.2 Å². The molecule has 0 spiro atoms. The van der Waals surface area contributed by atoms with E-state index >= 15 is 0 Å². The molecule has 1 aromatic carbocycles. The number of halogens is 1. The van der Waals surface area contributed by atoms with Gasteiger partial charge < -0.3 is 10.1 Å². The molecule has 0 heterocycles. The van der Waals surface area contributed by atoms with Gasteiger partial charge in [-0.15, -0.1) is 0 Å². The third-order valence-electron chi connectivity index (χ3n) is 2.63. The van der Waals surface area contributed by atoms with Crippen molar-refractivity contribution in [2.24, 2.45) is 5.92 Å². The van der Waals surface area contributed by atoms with Gasteiger partial charge in [-0.1, -0.05) is 25.4 Å². The van der Waals surface area contributed by atoms with Gasteiger partial charge >= 0.3 is 5.97 Å². The van der Waals surface area contributed by atoms with E-state index in [0.717, 1.165) is 12.3 Å². The van der Waals surface area contributed by atoms with Crippen LogP contribution in [-0.2, 0) is 19.4 Å². The summed E-state index contributed by atoms with van der Waals surface area (Å²) in [5.41, 5.74) is -0.0961. The van der Waals surface area contributed by atoms with Crippen LogP contribution in [0.5, 0.6) is 0 Å². The smallest absolute Gasteiger partial charge is 0.340 e. The van der Waals surface area contributed by atoms with Crippen molar-refractivity contribution in [1.29, 1.82) is 0 Å². The molecule has 0 aliphatic carbocycles. The third-order valence-corrected chi connectivity index (χ3v) is 4.07. The summed E-state index contributed by atoms with van der Waals surface area (Å²) in [7, 11) is -3.47. The lowest BCUT2D eigenvalue weighted by Gasteiger charge is -2.09. The highest BCUT2D eigenvalue weighted by atomic mass is 35.5. The van der Waals surface area contributed by atoms with Crippen molar-refractivity contribution in [2.45, 2.75) is 18.7 Å². The number of rotatable bonds is 6. The van der Waals surface area contributed by atoms with Crippen molar-refractivity contribution >= 4 is 33.3 Å². The Labute approximate surface area is 134 Å². The Morgan fingerprint density at radius 3 is 2.50 bits per heavy atom. The first-order chi connectivity index (χ1) is 10.1. The van der Waals surface area contributed by atoms with Gasteiger partial charge in [0.25, 0.3) is 5.91 Å². The molecule has 0 saturated carbocycles. The van der Waals surface area contributed by atoms with Crippen molar-refractivity contribution in [3.05, 3.63) is 28.8 Å². The second kappa shape index (κ2) is 7.60. The number of carbonyl (C=O) groups is 2. The molecule has 1 rings (SSSR count). The summed E-state index contributed by atoms with van der Waals surface area (Å²) < 4.78 is 27.8. The zero-order valence-corrected chi connectivity index (χ0v) is 14.1. The summed E-state index contributed by atoms with van der Waals surface area (Å²) in [5, 5.41) is 2.65. The van der Waals surface area contributed by atoms with E-state index in [2.05, 4.69) is 5.32 Å². The number of sulfone groups is 1. The van der Waals surface area contributed by atoms with Crippen LogP contribution in [0.25, 0.3) is 0 Å². The lowest BCUT2D eigenvalue weighted by atomic mass is 10.2. The molecule has 0 aliphatic rings. The van der Waals surface area contributed by atoms with Crippen LogP contribution in [0.2, 0.25) is 5.02 Å². The first kappa shape index (κ1) is 18.4. The molecule has 0 bridgehead atoms. The number of amides is 1. The molecule has 0 unspecified atom stereocenters. The minimum absolute atomic E-state index is 0.0480. The molecule has 22 heavy (non-hydrogen) atoms. The quantitative estimate of drug-likeness (QED) is 0.791. The number of hydrogen-bond acceptors (Lipinski definition) is 5. The first-order valence-corrected chi connectivity index (χ1v) is 8.81. The fraction of sp³-hybridized carbons (Fsp3) is 0.429. The zero-order chi connectivity index (χ0) is 16.9. The predicted octanol–water partition coefficient (Wildman–Crippen LogP) is 1.67. The minimum atomic E-state index is -3.47. The van der Waals surface area contributed by atoms with E-state index in [0.29, 0.717) is 6.54 Å². The molecule has 0 fully saturated rings. The van der Waals surface area contributed by atoms with Gasteiger partial charge in [-0.05, 0) is 24.1 Å². The Morgan fingerprint density at radius 1 is 1.32 bits per heavy atom. The number of carbonyl (C=O) groups excluding carboxylic acids is 2. The van der Waals surface area contributed by atoms with Crippen molar-refractivity contribution in [1.82, 2.24) is 5.32 Å². The maximum atomic E-state index is 11.9. The summed E-state index contributed by atoms with van der Waals surface area (Å²) in [4.78, 5) is 23.3. The summed E-state index contributed by atoms with van der Waals surface area (Å²) in [5.74, 6) is -1.01. The Kier molecular flexibility index (Phi) is 6.37. The number of ether oxygens (including phenoxy) is 1. The van der Waals surface area contributed by atoms with Crippen LogP contribution >= 0.6 is 11.6 Å². The normalized spacial score (nSPS) is 11.3. The summed E-state index contributed by atoms with van der Waals surface area (Å²) in [6.07, 6.45) is 1.02. The van der Waals surface area contributed by atoms with E-state index < -0.39 is 28.3 Å². The zero-order valence-electron chi connectivity index (χ0n) is 12.6. The Balaban J connectivity index is 2.76. The Bertz CT molecular complexity index is 670. The highest BCUT2D eigenvalue weighted by Crippen LogP contribution is 2.21. The molecule has 0 saturated heterocycles. The molecular formula is C14H18ClNO5S. The standard InChI is InChI=1S/C14H18ClNO5S/c1-9(2)7-16-13(17)8-21-14(18)11-6-10(22(3,19)20)4-5-12(11)15/h4-6,9H,7-8H2,1-3H3,(H,16,17). The average molecular weight is 348 g/mol. The monoisotopic (exact) mass is 347 g/mol. The maximum absolute atomic E-state index is 11.9. The van der Waals surface area contributed by atoms with E-state index in [9.17, 15) is 18.0 Å². The molecule has 0 radical (unpaired) electrons. The molecule has 1 N–H and O–H groups in total. The van der Waals surface area contributed by atoms with Gasteiger partial charge in [-0.2, -0.15) is 0 Å². The highest BCUT2D eigenvalue weighted by molar-refractivity contribution is 7.90. The van der Waals surface area contributed by atoms with E-state index in [1.165, 1.54) is 12.1 Å². The fourth-order valence-electron chi connectivity index (χ4n) is 1.47. The molecular weight excluding hydrogens is 330 g/mol. The number of nitrogens with one attached hydrogen (secondary N) is 1. The van der Waals surface area contributed by atoms with Gasteiger partial charge in [0, 0.05) is 12.8 Å². The average Bonchev–Trinajstić information content (AvgIpc) is 2.41. The van der Waals surface area contributed by atoms with Crippen LogP contribution in [0.15, 0.2) is 23.1 Å². The van der Waals surface area contributed by atoms with E-state index in [1.807, 2.05) is 13.8 Å². The Hall–Kier alpha value is -1.60. The number of esters is 1. The van der Waals surface area contributed by atoms with Gasteiger partial charge in [0.1, 0.15) is 0 Å². The summed E-state index contributed by atoms with van der Waals surface area (Å²) in [6, 6.07) is 3.73. The SMILES string of the molecule is CC(C)CNC(=O)COC(=O)c1cc(S(C)(=O)=O)ccc1Cl. The topological polar surface area (TPSA) is 89.5 Å². The molecule has 122 valence electrons. The molecule has 6 nitrogen and oxygen atoms in total. The van der Waals surface area contributed by atoms with Crippen molar-refractivity contribution < 1.29 is 22.7 Å². The van der Waals surface area contributed by atoms with Crippen LogP contribution in [0, 0.1) is 5.92 Å². The summed E-state index contributed by atoms with van der Waals surface area (Å²) >= 11 is 5.86. The lowest BCUT2D eigenvalue weighted by molar-refractivity contribution is -0.124. The van der Waals surface area contributed by atoms with E-state index in [1.54, 1.807) is 0 Å². The van der Waals surface area contributed by atoms with Gasteiger partial charge in [-0.3, -0.25) is 4.79 Å². The van der Waals surface area contributed by atoms with Crippen LogP contribution in [0.3, 0.4) is 0 Å². The Morgan fingerprint density at radius 2 is 1.95 bits per heavy atom. The number of hydrogen-bond donors (Lipinski definition) is 1. The third kappa shape index (κ3) is 5.65. The fourth-order valence-corrected chi connectivity index (χ4v) is 2.31. The molecule has 0 aliphatic heterocycles. The second-order valence-electron chi connectivity index (χ2n) is 5.19. The molecule has 0 atom stereocenters. The molecule has 0 aromatic heterocycles. The maximum Gasteiger partial charge on any atom is 0.340 e. The minimum Gasteiger partial charge on any atom is -0.452 e. The second-order valence-corrected chi connectivity index (χ2v) is 7.61. The van der Waals surface area contributed by atoms with Gasteiger partial charge in [0.05, 0.1) is 15.5 Å². The molecule has 1 aromatic rings. The first-order valence-electron chi connectivity index (χ1n) is 6.54. The van der Waals surface area contributed by atoms with Crippen LogP contribution in [-0.4, -0.2) is 39.7 Å². The number of benzene rings is 1. The van der Waals surface area contributed by atoms with Gasteiger partial charge in [0.2, 0.25) is 0 Å². The van der Waals surface area contributed by atoms with Crippen molar-refractivity contribution in [3.8, 4) is 0 Å². The predicted molar refractivity (Wildman–Crippen MR) is 82.7 cm³/mol. The van der Waals surface area contributed by atoms with Crippen LogP contribution in [0.4, 0.5) is 0 Å². The van der Waals surface area contributed by atoms with E-state index in [-0.39, 0.29) is 21.4 Å².